The zero-order valence-corrected chi connectivity index (χ0v) is 31.2. The maximum atomic E-state index is 11.9. The van der Waals surface area contributed by atoms with Crippen LogP contribution >= 0.6 is 11.8 Å². The van der Waals surface area contributed by atoms with Crippen molar-refractivity contribution in [3.05, 3.63) is 138 Å². The highest BCUT2D eigenvalue weighted by molar-refractivity contribution is 8.13. The summed E-state index contributed by atoms with van der Waals surface area (Å²) in [5.74, 6) is 1.60. The van der Waals surface area contributed by atoms with E-state index in [1.165, 1.54) is 85.4 Å². The lowest BCUT2D eigenvalue weighted by Crippen LogP contribution is -2.51. The Balaban J connectivity index is 1.12. The summed E-state index contributed by atoms with van der Waals surface area (Å²) in [6.45, 7) is 1.66. The lowest BCUT2D eigenvalue weighted by atomic mass is 9.83. The van der Waals surface area contributed by atoms with Crippen molar-refractivity contribution in [2.24, 2.45) is 0 Å². The van der Waals surface area contributed by atoms with Crippen LogP contribution in [0.25, 0.3) is 0 Å². The zero-order chi connectivity index (χ0) is 35.0. The number of benzene rings is 4. The Hall–Kier alpha value is -3.26. The van der Waals surface area contributed by atoms with Crippen LogP contribution < -0.4 is 21.3 Å². The molecule has 52 heavy (non-hydrogen) atoms. The predicted octanol–water partition coefficient (Wildman–Crippen LogP) is 8.26. The summed E-state index contributed by atoms with van der Waals surface area (Å²) >= 11 is 1.33. The Morgan fingerprint density at radius 3 is 0.904 bits per heavy atom. The van der Waals surface area contributed by atoms with Crippen molar-refractivity contribution in [1.29, 1.82) is 0 Å². The van der Waals surface area contributed by atoms with Gasteiger partial charge in [0.15, 0.2) is 5.12 Å². The predicted molar refractivity (Wildman–Crippen MR) is 213 cm³/mol. The van der Waals surface area contributed by atoms with E-state index in [1.807, 2.05) is 0 Å². The third-order valence-corrected chi connectivity index (χ3v) is 14.2. The lowest BCUT2D eigenvalue weighted by Gasteiger charge is -2.37. The Bertz CT molecular complexity index is 1700. The number of nitrogens with one attached hydrogen (secondary N) is 4. The standard InChI is InChI=1S/C46H54N4OS/c1-29(51)52-34-19-17-33(18-20-34)46-41-27-25-39(49-41)44(31-13-7-3-8-14-31)37-23-21-35(47-37)43(30-11-5-2-6-12-30)36-22-24-38(48-36)45(32-15-9-4-10-16-32)40-26-28-42(46)50-40/h2-20,35-50H,21-28H2,1H3. The second kappa shape index (κ2) is 15.2. The maximum absolute atomic E-state index is 11.9. The van der Waals surface area contributed by atoms with Crippen LogP contribution in [0, 0.1) is 0 Å². The minimum atomic E-state index is 0.137. The topological polar surface area (TPSA) is 65.2 Å². The molecule has 0 amide bonds. The fraction of sp³-hybridized carbons (Fsp3) is 0.457. The van der Waals surface area contributed by atoms with E-state index in [0.29, 0.717) is 72.0 Å². The smallest absolute Gasteiger partial charge is 0.190 e. The molecule has 8 bridgehead atoms. The first kappa shape index (κ1) is 34.5. The molecule has 6 heteroatoms. The van der Waals surface area contributed by atoms with Gasteiger partial charge in [0.2, 0.25) is 0 Å². The van der Waals surface area contributed by atoms with Crippen LogP contribution in [-0.4, -0.2) is 53.5 Å². The van der Waals surface area contributed by atoms with Gasteiger partial charge < -0.3 is 21.3 Å². The molecule has 10 atom stereocenters. The molecule has 270 valence electrons. The molecule has 4 aromatic carbocycles. The molecular weight excluding hydrogens is 657 g/mol. The van der Waals surface area contributed by atoms with Crippen LogP contribution in [-0.2, 0) is 4.79 Å². The Labute approximate surface area is 314 Å². The molecule has 5 aliphatic heterocycles. The van der Waals surface area contributed by atoms with Crippen molar-refractivity contribution < 1.29 is 4.79 Å². The Morgan fingerprint density at radius 2 is 0.654 bits per heavy atom. The van der Waals surface area contributed by atoms with Crippen LogP contribution in [0.4, 0.5) is 0 Å². The third kappa shape index (κ3) is 6.94. The number of rotatable bonds is 5. The van der Waals surface area contributed by atoms with E-state index >= 15 is 0 Å². The second-order valence-corrected chi connectivity index (χ2v) is 17.6. The Morgan fingerprint density at radius 1 is 0.404 bits per heavy atom. The van der Waals surface area contributed by atoms with Crippen molar-refractivity contribution in [2.45, 2.75) is 135 Å². The van der Waals surface area contributed by atoms with Crippen LogP contribution in [0.1, 0.15) is 104 Å². The number of hydrogen-bond donors (Lipinski definition) is 4. The van der Waals surface area contributed by atoms with Gasteiger partial charge >= 0.3 is 0 Å². The average Bonchev–Trinajstić information content (AvgIpc) is 4.01. The quantitative estimate of drug-likeness (QED) is 0.157. The summed E-state index contributed by atoms with van der Waals surface area (Å²) in [6, 6.07) is 46.5. The van der Waals surface area contributed by atoms with Crippen molar-refractivity contribution in [2.75, 3.05) is 0 Å². The molecule has 0 saturated carbocycles. The lowest BCUT2D eigenvalue weighted by molar-refractivity contribution is -0.109. The van der Waals surface area contributed by atoms with Gasteiger partial charge in [-0.3, -0.25) is 4.79 Å². The molecule has 5 saturated heterocycles. The Kier molecular flexibility index (Phi) is 10.1. The van der Waals surface area contributed by atoms with Gasteiger partial charge in [-0.05, 0) is 85.8 Å². The molecule has 0 spiro atoms. The van der Waals surface area contributed by atoms with E-state index in [2.05, 4.69) is 137 Å². The van der Waals surface area contributed by atoms with Gasteiger partial charge in [-0.1, -0.05) is 115 Å². The monoisotopic (exact) mass is 710 g/mol. The molecule has 4 aromatic rings. The fourth-order valence-electron chi connectivity index (χ4n) is 11.4. The highest BCUT2D eigenvalue weighted by Gasteiger charge is 2.49. The van der Waals surface area contributed by atoms with E-state index in [4.69, 9.17) is 0 Å². The molecule has 0 radical (unpaired) electrons. The van der Waals surface area contributed by atoms with E-state index in [0.717, 1.165) is 4.90 Å². The summed E-state index contributed by atoms with van der Waals surface area (Å²) in [6.07, 6.45) is 9.50. The van der Waals surface area contributed by atoms with Crippen molar-refractivity contribution in [3.63, 3.8) is 0 Å². The molecular formula is C46H54N4OS. The van der Waals surface area contributed by atoms with Crippen LogP contribution in [0.3, 0.4) is 0 Å². The number of hydrogen-bond acceptors (Lipinski definition) is 6. The van der Waals surface area contributed by atoms with Crippen LogP contribution in [0.15, 0.2) is 120 Å². The summed E-state index contributed by atoms with van der Waals surface area (Å²) < 4.78 is 0. The summed E-state index contributed by atoms with van der Waals surface area (Å²) in [4.78, 5) is 13.0. The minimum absolute atomic E-state index is 0.137. The normalized spacial score (nSPS) is 35.8. The van der Waals surface area contributed by atoms with Gasteiger partial charge in [-0.2, -0.15) is 0 Å². The minimum Gasteiger partial charge on any atom is -0.310 e. The van der Waals surface area contributed by atoms with Gasteiger partial charge in [0.25, 0.3) is 0 Å². The molecule has 9 rings (SSSR count). The summed E-state index contributed by atoms with van der Waals surface area (Å²) in [7, 11) is 0. The van der Waals surface area contributed by atoms with Crippen molar-refractivity contribution in [3.8, 4) is 0 Å². The first-order chi connectivity index (χ1) is 25.6. The second-order valence-electron chi connectivity index (χ2n) is 16.3. The van der Waals surface area contributed by atoms with Crippen LogP contribution in [0.5, 0.6) is 0 Å². The first-order valence-corrected chi connectivity index (χ1v) is 20.9. The first-order valence-electron chi connectivity index (χ1n) is 20.1. The van der Waals surface area contributed by atoms with E-state index in [-0.39, 0.29) is 5.12 Å². The highest BCUT2D eigenvalue weighted by Crippen LogP contribution is 2.46. The third-order valence-electron chi connectivity index (χ3n) is 13.4. The molecule has 5 heterocycles. The maximum Gasteiger partial charge on any atom is 0.190 e. The van der Waals surface area contributed by atoms with Gasteiger partial charge in [-0.25, -0.2) is 0 Å². The number of carbonyl (C=O) groups is 1. The van der Waals surface area contributed by atoms with E-state index < -0.39 is 0 Å². The fourth-order valence-corrected chi connectivity index (χ4v) is 12.0. The molecule has 10 unspecified atom stereocenters. The summed E-state index contributed by atoms with van der Waals surface area (Å²) in [5, 5.41) is 17.5. The van der Waals surface area contributed by atoms with Crippen molar-refractivity contribution >= 4 is 16.9 Å². The molecule has 4 N–H and O–H groups in total. The van der Waals surface area contributed by atoms with E-state index in [9.17, 15) is 4.79 Å². The van der Waals surface area contributed by atoms with Gasteiger partial charge in [-0.15, -0.1) is 0 Å². The van der Waals surface area contributed by atoms with Crippen molar-refractivity contribution in [1.82, 2.24) is 21.3 Å². The zero-order valence-electron chi connectivity index (χ0n) is 30.4. The largest absolute Gasteiger partial charge is 0.310 e. The highest BCUT2D eigenvalue weighted by atomic mass is 32.2. The molecule has 5 aliphatic rings. The number of fused-ring (bicyclic) bond motifs is 8. The molecule has 5 fully saturated rings. The van der Waals surface area contributed by atoms with Gasteiger partial charge in [0.05, 0.1) is 0 Å². The summed E-state index contributed by atoms with van der Waals surface area (Å²) in [5.41, 5.74) is 5.78. The molecule has 0 aromatic heterocycles. The van der Waals surface area contributed by atoms with Crippen LogP contribution in [0.2, 0.25) is 0 Å². The van der Waals surface area contributed by atoms with Gasteiger partial charge in [0.1, 0.15) is 0 Å². The average molecular weight is 711 g/mol. The van der Waals surface area contributed by atoms with E-state index in [1.54, 1.807) is 6.92 Å². The van der Waals surface area contributed by atoms with Gasteiger partial charge in [0, 0.05) is 83.8 Å². The number of thioether (sulfide) groups is 1. The SMILES string of the molecule is CC(=O)Sc1ccc(C2C3CCC(N3)C(c3ccccc3)C3CCC(N3)C(c3ccccc3)C3CCC(N3)C(c3ccccc3)C3CCC2N3)cc1. The number of carbonyl (C=O) groups excluding carboxylic acids is 1. The molecule has 5 nitrogen and oxygen atoms in total. The molecule has 0 aliphatic carbocycles.